The number of nitrogens with two attached hydrogens (primary N) is 1. The summed E-state index contributed by atoms with van der Waals surface area (Å²) in [6.07, 6.45) is -1.96. The number of methoxy groups -OCH3 is 2. The van der Waals surface area contributed by atoms with Crippen molar-refractivity contribution < 1.29 is 71.9 Å². The number of rotatable bonds is 38. The molecule has 5 unspecified atom stereocenters. The van der Waals surface area contributed by atoms with E-state index in [-0.39, 0.29) is 100.0 Å². The third kappa shape index (κ3) is 24.9. The molecule has 1 aromatic rings. The molecular formula is C59H103N9O15. The van der Waals surface area contributed by atoms with Crippen LogP contribution in [0.25, 0.3) is 0 Å². The number of likely N-dealkylation sites (tertiary alicyclic amines) is 1. The van der Waals surface area contributed by atoms with E-state index >= 15 is 0 Å². The van der Waals surface area contributed by atoms with Crippen LogP contribution in [0.3, 0.4) is 0 Å². The van der Waals surface area contributed by atoms with E-state index in [1.165, 1.54) is 21.1 Å². The zero-order valence-corrected chi connectivity index (χ0v) is 52.4. The number of likely N-dealkylation sites (N-methyl/N-ethyl adjacent to an activating group) is 2. The maximum Gasteiger partial charge on any atom is 0.407 e. The van der Waals surface area contributed by atoms with Gasteiger partial charge in [-0.05, 0) is 76.3 Å². The Bertz CT molecular complexity index is 2170. The van der Waals surface area contributed by atoms with E-state index in [9.17, 15) is 43.5 Å². The van der Waals surface area contributed by atoms with Gasteiger partial charge in [0, 0.05) is 53.7 Å². The van der Waals surface area contributed by atoms with E-state index in [0.29, 0.717) is 25.8 Å². The molecule has 0 radical (unpaired) electrons. The van der Waals surface area contributed by atoms with Crippen LogP contribution in [0.5, 0.6) is 0 Å². The molecule has 0 aliphatic carbocycles. The molecule has 1 aliphatic heterocycles. The van der Waals surface area contributed by atoms with Gasteiger partial charge in [0.05, 0.1) is 62.0 Å². The lowest BCUT2D eigenvalue weighted by Crippen LogP contribution is -2.59. The van der Waals surface area contributed by atoms with Gasteiger partial charge in [0.1, 0.15) is 30.5 Å². The molecule has 7 amide bonds. The second-order valence-corrected chi connectivity index (χ2v) is 23.2. The lowest BCUT2D eigenvalue weighted by molar-refractivity contribution is -0.242. The van der Waals surface area contributed by atoms with Crippen molar-refractivity contribution in [2.45, 2.75) is 195 Å². The summed E-state index contributed by atoms with van der Waals surface area (Å²) in [5.41, 5.74) is 5.62. The van der Waals surface area contributed by atoms with Crippen molar-refractivity contribution in [2.24, 2.45) is 35.3 Å². The zero-order valence-electron chi connectivity index (χ0n) is 52.4. The fourth-order valence-corrected chi connectivity index (χ4v) is 10.0. The number of amides is 7. The van der Waals surface area contributed by atoms with Crippen LogP contribution in [0.1, 0.15) is 127 Å². The fraction of sp³-hybridized carbons (Fsp3) is 0.763. The summed E-state index contributed by atoms with van der Waals surface area (Å²) >= 11 is 0. The van der Waals surface area contributed by atoms with E-state index in [2.05, 4.69) is 31.9 Å². The molecule has 9 N–H and O–H groups in total. The molecular weight excluding hydrogens is 1070 g/mol. The minimum absolute atomic E-state index is 0.0126. The number of ether oxygens (including phenoxy) is 6. The van der Waals surface area contributed by atoms with E-state index in [1.807, 2.05) is 85.7 Å². The Morgan fingerprint density at radius 2 is 1.46 bits per heavy atom. The largest absolute Gasteiger partial charge is 0.464 e. The standard InChI is InChI=1S/C59H103N9O15/c1-17-38(8)51(67(14)56(75)50(37(6)7)66-55(74)49(61-13)36(4)5)44(78-15)32-47(71)68-29-21-25-43(68)52(79-16)39(9)53(72)65-42(31-41-23-19-18-20-24-41)54(73)62-27-22-30-80-57(76)40(10)64-46(70)26-28-63-58(77)81-34-48(83-59(11,12)60)82-45(33-69)35(2)3/h18-20,23-24,35-40,42-45,48-52,61,69H,17,21-22,25-34,60H2,1-16H3,(H,62,73)(H,63,77)(H,64,70)(H,65,72)(H,66,74)/t38-,39+,40-,42-,43-,44+,45?,48?,49?,50?,51?,52+/m0/s1. The third-order valence-corrected chi connectivity index (χ3v) is 14.9. The summed E-state index contributed by atoms with van der Waals surface area (Å²) in [5, 5.41) is 26.4. The first kappa shape index (κ1) is 73.6. The van der Waals surface area contributed by atoms with Crippen LogP contribution in [-0.2, 0) is 68.4 Å². The SMILES string of the molecule is CC[C@H](C)C([C@@H](CC(=O)N1CCC[C@H]1[C@H](OC)[C@@H](C)C(=O)N[C@@H](Cc1ccccc1)C(=O)NCCCOC(=O)[C@H](C)NC(=O)CCNC(=O)OCC(OC(CO)C(C)C)OC(C)(C)N)OC)N(C)C(=O)C(NC(=O)C(NC)C(C)C)C(C)C. The summed E-state index contributed by atoms with van der Waals surface area (Å²) in [5.74, 6) is -4.20. The molecule has 83 heavy (non-hydrogen) atoms. The lowest BCUT2D eigenvalue weighted by Gasteiger charge is -2.41. The van der Waals surface area contributed by atoms with Crippen LogP contribution in [0.4, 0.5) is 4.79 Å². The zero-order chi connectivity index (χ0) is 62.7. The normalized spacial score (nSPS) is 17.7. The number of nitrogens with one attached hydrogen (secondary N) is 6. The van der Waals surface area contributed by atoms with Crippen LogP contribution in [-0.4, -0.2) is 197 Å². The Morgan fingerprint density at radius 1 is 0.807 bits per heavy atom. The number of hydrogen-bond acceptors (Lipinski definition) is 17. The van der Waals surface area contributed by atoms with Crippen LogP contribution >= 0.6 is 0 Å². The van der Waals surface area contributed by atoms with Crippen molar-refractivity contribution in [1.29, 1.82) is 0 Å². The summed E-state index contributed by atoms with van der Waals surface area (Å²) in [4.78, 5) is 111. The molecule has 474 valence electrons. The maximum atomic E-state index is 14.5. The predicted molar refractivity (Wildman–Crippen MR) is 313 cm³/mol. The lowest BCUT2D eigenvalue weighted by atomic mass is 9.89. The topological polar surface area (TPSA) is 317 Å². The number of hydrogen-bond donors (Lipinski definition) is 8. The van der Waals surface area contributed by atoms with Gasteiger partial charge in [0.2, 0.25) is 35.4 Å². The molecule has 1 aliphatic rings. The average Bonchev–Trinajstić information content (AvgIpc) is 4.10. The molecule has 1 aromatic carbocycles. The van der Waals surface area contributed by atoms with Gasteiger partial charge in [0.25, 0.3) is 0 Å². The highest BCUT2D eigenvalue weighted by Gasteiger charge is 2.44. The van der Waals surface area contributed by atoms with Gasteiger partial charge in [-0.25, -0.2) is 9.59 Å². The monoisotopic (exact) mass is 1180 g/mol. The van der Waals surface area contributed by atoms with E-state index < -0.39 is 102 Å². The Hall–Kier alpha value is -5.50. The van der Waals surface area contributed by atoms with E-state index in [1.54, 1.807) is 44.7 Å². The van der Waals surface area contributed by atoms with E-state index in [0.717, 1.165) is 5.56 Å². The van der Waals surface area contributed by atoms with Gasteiger partial charge < -0.3 is 81.0 Å². The molecule has 1 fully saturated rings. The number of aliphatic hydroxyl groups is 1. The summed E-state index contributed by atoms with van der Waals surface area (Å²) in [6, 6.07) is 4.81. The van der Waals surface area contributed by atoms with Gasteiger partial charge >= 0.3 is 12.1 Å². The molecule has 24 nitrogen and oxygen atoms in total. The molecule has 12 atom stereocenters. The first-order chi connectivity index (χ1) is 39.0. The maximum absolute atomic E-state index is 14.5. The van der Waals surface area contributed by atoms with Gasteiger partial charge in [-0.3, -0.25) is 28.8 Å². The minimum Gasteiger partial charge on any atom is -0.464 e. The number of carbonyl (C=O) groups is 8. The minimum atomic E-state index is -1.13. The Labute approximate surface area is 493 Å². The Morgan fingerprint density at radius 3 is 2.01 bits per heavy atom. The third-order valence-electron chi connectivity index (χ3n) is 14.9. The first-order valence-electron chi connectivity index (χ1n) is 29.4. The molecule has 2 rings (SSSR count). The predicted octanol–water partition coefficient (Wildman–Crippen LogP) is 2.76. The average molecular weight is 1180 g/mol. The van der Waals surface area contributed by atoms with Crippen molar-refractivity contribution in [3.8, 4) is 0 Å². The molecule has 0 bridgehead atoms. The highest BCUT2D eigenvalue weighted by Crippen LogP contribution is 2.30. The fourth-order valence-electron chi connectivity index (χ4n) is 10.0. The number of alkyl carbamates (subject to hydrolysis) is 1. The number of aliphatic hydroxyl groups excluding tert-OH is 1. The highest BCUT2D eigenvalue weighted by molar-refractivity contribution is 5.91. The number of nitrogens with zero attached hydrogens (tertiary/aromatic N) is 2. The summed E-state index contributed by atoms with van der Waals surface area (Å²) in [6.45, 7) is 21.3. The summed E-state index contributed by atoms with van der Waals surface area (Å²) in [7, 11) is 6.42. The Kier molecular flexibility index (Phi) is 32.8. The highest BCUT2D eigenvalue weighted by atomic mass is 16.7. The molecule has 1 saturated heterocycles. The van der Waals surface area contributed by atoms with E-state index in [4.69, 9.17) is 34.2 Å². The van der Waals surface area contributed by atoms with Gasteiger partial charge in [-0.2, -0.15) is 0 Å². The van der Waals surface area contributed by atoms with Gasteiger partial charge in [0.15, 0.2) is 6.29 Å². The van der Waals surface area contributed by atoms with Gasteiger partial charge in [-0.15, -0.1) is 0 Å². The van der Waals surface area contributed by atoms with Crippen molar-refractivity contribution in [1.82, 2.24) is 41.7 Å². The van der Waals surface area contributed by atoms with Crippen LogP contribution in [0.15, 0.2) is 30.3 Å². The number of benzene rings is 1. The van der Waals surface area contributed by atoms with Crippen LogP contribution in [0, 0.1) is 29.6 Å². The molecule has 0 aromatic heterocycles. The van der Waals surface area contributed by atoms with Gasteiger partial charge in [-0.1, -0.05) is 99.1 Å². The number of esters is 1. The number of carbonyl (C=O) groups excluding carboxylic acids is 8. The quantitative estimate of drug-likeness (QED) is 0.0268. The Balaban J connectivity index is 2.05. The molecule has 0 spiro atoms. The molecule has 1 heterocycles. The van der Waals surface area contributed by atoms with Crippen LogP contribution < -0.4 is 37.6 Å². The molecule has 0 saturated carbocycles. The van der Waals surface area contributed by atoms with Crippen LogP contribution in [0.2, 0.25) is 0 Å². The van der Waals surface area contributed by atoms with Crippen molar-refractivity contribution >= 4 is 47.5 Å². The summed E-state index contributed by atoms with van der Waals surface area (Å²) < 4.78 is 34.0. The second kappa shape index (κ2) is 37.0. The van der Waals surface area contributed by atoms with Crippen molar-refractivity contribution in [2.75, 3.05) is 67.8 Å². The van der Waals surface area contributed by atoms with Crippen molar-refractivity contribution in [3.05, 3.63) is 35.9 Å². The first-order valence-corrected chi connectivity index (χ1v) is 29.4. The van der Waals surface area contributed by atoms with Crippen molar-refractivity contribution in [3.63, 3.8) is 0 Å². The second-order valence-electron chi connectivity index (χ2n) is 23.2. The smallest absolute Gasteiger partial charge is 0.407 e. The molecule has 24 heteroatoms.